The molecule has 0 saturated heterocycles. The number of fused-ring (bicyclic) bond motifs is 1. The molecule has 0 N–H and O–H groups in total. The lowest BCUT2D eigenvalue weighted by Gasteiger charge is -2.34. The summed E-state index contributed by atoms with van der Waals surface area (Å²) in [5, 5.41) is 2.42. The van der Waals surface area contributed by atoms with E-state index in [1.165, 1.54) is 45.1 Å². The Morgan fingerprint density at radius 1 is 0.763 bits per heavy atom. The molecular formula is C37H44N+. The van der Waals surface area contributed by atoms with Gasteiger partial charge in [0.1, 0.15) is 7.05 Å². The van der Waals surface area contributed by atoms with Crippen LogP contribution in [-0.4, -0.2) is 0 Å². The molecule has 1 nitrogen and oxygen atoms in total. The first-order valence-electron chi connectivity index (χ1n) is 15.7. The number of rotatable bonds is 4. The smallest absolute Gasteiger partial charge is 0.201 e. The molecule has 2 aliphatic carbocycles. The van der Waals surface area contributed by atoms with Crippen molar-refractivity contribution >= 4 is 10.8 Å². The Morgan fingerprint density at radius 2 is 1.47 bits per heavy atom. The van der Waals surface area contributed by atoms with Crippen LogP contribution in [0.4, 0.5) is 0 Å². The molecular weight excluding hydrogens is 458 g/mol. The number of pyridine rings is 1. The fraction of sp³-hybridized carbons (Fsp3) is 0.432. The molecule has 0 amide bonds. The Morgan fingerprint density at radius 3 is 2.24 bits per heavy atom. The summed E-state index contributed by atoms with van der Waals surface area (Å²) < 4.78 is 21.1. The Balaban J connectivity index is 1.45. The molecule has 0 radical (unpaired) electrons. The van der Waals surface area contributed by atoms with E-state index in [0.717, 1.165) is 62.5 Å². The molecule has 196 valence electrons. The standard InChI is InChI=1S/C37H44N/c1-26-10-8-9-13-33(26)36-24-34(35(25-38(36)4)28-11-6-5-7-12-28)32-17-16-30-22-29(14-15-31(30)23-32)27-18-20-37(2,3)21-19-27/h8-10,13-17,22-25,27-28H,5-7,11-12,18-21H2,1-4H3/q+1/i27D,28D. The predicted octanol–water partition coefficient (Wildman–Crippen LogP) is 10.0. The van der Waals surface area contributed by atoms with Gasteiger partial charge < -0.3 is 0 Å². The quantitative estimate of drug-likeness (QED) is 0.243. The molecule has 0 spiro atoms. The minimum Gasteiger partial charge on any atom is -0.201 e. The molecule has 4 aromatic rings. The molecule has 1 heterocycles. The van der Waals surface area contributed by atoms with Crippen molar-refractivity contribution in [1.29, 1.82) is 0 Å². The van der Waals surface area contributed by atoms with Gasteiger partial charge in [0.25, 0.3) is 0 Å². The molecule has 1 heteroatoms. The predicted molar refractivity (Wildman–Crippen MR) is 162 cm³/mol. The molecule has 2 fully saturated rings. The summed E-state index contributed by atoms with van der Waals surface area (Å²) in [5.74, 6) is -1.04. The van der Waals surface area contributed by atoms with E-state index in [2.05, 4.69) is 105 Å². The van der Waals surface area contributed by atoms with E-state index in [1.54, 1.807) is 0 Å². The maximum atomic E-state index is 9.59. The highest BCUT2D eigenvalue weighted by atomic mass is 14.9. The second-order valence-electron chi connectivity index (χ2n) is 12.6. The zero-order valence-corrected chi connectivity index (χ0v) is 23.7. The third-order valence-electron chi connectivity index (χ3n) is 9.30. The zero-order chi connectivity index (χ0) is 28.1. The van der Waals surface area contributed by atoms with E-state index in [4.69, 9.17) is 0 Å². The fourth-order valence-corrected chi connectivity index (χ4v) is 6.70. The van der Waals surface area contributed by atoms with Crippen molar-refractivity contribution in [3.05, 3.63) is 89.6 Å². The highest BCUT2D eigenvalue weighted by Gasteiger charge is 2.28. The monoisotopic (exact) mass is 504 g/mol. The second kappa shape index (κ2) is 10.3. The minimum absolute atomic E-state index is 0.352. The lowest BCUT2D eigenvalue weighted by atomic mass is 9.71. The lowest BCUT2D eigenvalue weighted by Crippen LogP contribution is -2.32. The summed E-state index contributed by atoms with van der Waals surface area (Å²) in [5.41, 5.74) is 8.71. The Kier molecular flexibility index (Phi) is 6.25. The first-order valence-corrected chi connectivity index (χ1v) is 14.7. The van der Waals surface area contributed by atoms with Crippen molar-refractivity contribution in [2.24, 2.45) is 12.5 Å². The number of aromatic nitrogens is 1. The van der Waals surface area contributed by atoms with Gasteiger partial charge in [0.05, 0.1) is 0 Å². The van der Waals surface area contributed by atoms with Crippen LogP contribution in [0.2, 0.25) is 0 Å². The second-order valence-corrected chi connectivity index (χ2v) is 12.6. The van der Waals surface area contributed by atoms with Crippen LogP contribution in [0.1, 0.15) is 103 Å². The molecule has 6 rings (SSSR count). The molecule has 1 aromatic heterocycles. The lowest BCUT2D eigenvalue weighted by molar-refractivity contribution is -0.660. The van der Waals surface area contributed by atoms with E-state index < -0.39 is 11.8 Å². The van der Waals surface area contributed by atoms with Crippen LogP contribution < -0.4 is 4.57 Å². The molecule has 0 bridgehead atoms. The van der Waals surface area contributed by atoms with E-state index in [-0.39, 0.29) is 0 Å². The molecule has 3 aromatic carbocycles. The summed E-state index contributed by atoms with van der Waals surface area (Å²) in [6.07, 6.45) is 11.7. The number of hydrogen-bond donors (Lipinski definition) is 0. The van der Waals surface area contributed by atoms with Crippen molar-refractivity contribution in [3.63, 3.8) is 0 Å². The average molecular weight is 505 g/mol. The van der Waals surface area contributed by atoms with Crippen LogP contribution >= 0.6 is 0 Å². The van der Waals surface area contributed by atoms with Crippen LogP contribution in [0, 0.1) is 12.3 Å². The van der Waals surface area contributed by atoms with Crippen LogP contribution in [-0.2, 0) is 7.05 Å². The topological polar surface area (TPSA) is 3.88 Å². The number of hydrogen-bond acceptors (Lipinski definition) is 0. The third-order valence-corrected chi connectivity index (χ3v) is 9.30. The maximum absolute atomic E-state index is 9.59. The van der Waals surface area contributed by atoms with Gasteiger partial charge in [0.15, 0.2) is 6.20 Å². The van der Waals surface area contributed by atoms with E-state index in [9.17, 15) is 2.74 Å². The highest BCUT2D eigenvalue weighted by molar-refractivity contribution is 5.89. The summed E-state index contributed by atoms with van der Waals surface area (Å²) in [6, 6.07) is 24.4. The highest BCUT2D eigenvalue weighted by Crippen LogP contribution is 2.43. The summed E-state index contributed by atoms with van der Waals surface area (Å²) in [6.45, 7) is 6.85. The summed E-state index contributed by atoms with van der Waals surface area (Å²) in [4.78, 5) is 0. The summed E-state index contributed by atoms with van der Waals surface area (Å²) >= 11 is 0. The van der Waals surface area contributed by atoms with E-state index >= 15 is 0 Å². The maximum Gasteiger partial charge on any atom is 0.213 e. The van der Waals surface area contributed by atoms with E-state index in [0.29, 0.717) is 5.41 Å². The number of benzene rings is 3. The number of nitrogens with zero attached hydrogens (tertiary/aromatic N) is 1. The number of aryl methyl sites for hydroxylation is 2. The van der Waals surface area contributed by atoms with Crippen LogP contribution in [0.3, 0.4) is 0 Å². The first-order chi connectivity index (χ1) is 19.1. The van der Waals surface area contributed by atoms with Gasteiger partial charge in [0.2, 0.25) is 5.69 Å². The molecule has 0 atom stereocenters. The van der Waals surface area contributed by atoms with E-state index in [1.807, 2.05) is 0 Å². The van der Waals surface area contributed by atoms with Crippen LogP contribution in [0.5, 0.6) is 0 Å². The van der Waals surface area contributed by atoms with Crippen LogP contribution in [0.25, 0.3) is 33.2 Å². The van der Waals surface area contributed by atoms with Crippen molar-refractivity contribution in [2.45, 2.75) is 90.3 Å². The minimum atomic E-state index is -0.555. The van der Waals surface area contributed by atoms with Gasteiger partial charge >= 0.3 is 0 Å². The largest absolute Gasteiger partial charge is 0.213 e. The molecule has 2 saturated carbocycles. The van der Waals surface area contributed by atoms with Gasteiger partial charge in [-0.2, -0.15) is 0 Å². The van der Waals surface area contributed by atoms with Gasteiger partial charge in [-0.15, -0.1) is 0 Å². The van der Waals surface area contributed by atoms with Gasteiger partial charge in [-0.25, -0.2) is 4.57 Å². The van der Waals surface area contributed by atoms with Gasteiger partial charge in [-0.3, -0.25) is 0 Å². The Labute approximate surface area is 232 Å². The molecule has 0 unspecified atom stereocenters. The molecule has 2 aliphatic rings. The van der Waals surface area contributed by atoms with Crippen molar-refractivity contribution < 1.29 is 7.31 Å². The average Bonchev–Trinajstić information content (AvgIpc) is 2.95. The molecule has 0 aliphatic heterocycles. The van der Waals surface area contributed by atoms with Gasteiger partial charge in [-0.05, 0) is 108 Å². The Hall–Kier alpha value is -2.93. The zero-order valence-electron chi connectivity index (χ0n) is 25.7. The normalized spacial score (nSPS) is 21.1. The first kappa shape index (κ1) is 23.0. The van der Waals surface area contributed by atoms with Gasteiger partial charge in [0, 0.05) is 19.9 Å². The van der Waals surface area contributed by atoms with Crippen LogP contribution in [0.15, 0.2) is 72.9 Å². The van der Waals surface area contributed by atoms with Crippen molar-refractivity contribution in [1.82, 2.24) is 0 Å². The Bertz CT molecular complexity index is 1550. The van der Waals surface area contributed by atoms with Crippen molar-refractivity contribution in [3.8, 4) is 22.4 Å². The molecule has 38 heavy (non-hydrogen) atoms. The van der Waals surface area contributed by atoms with Crippen molar-refractivity contribution in [2.75, 3.05) is 0 Å². The summed E-state index contributed by atoms with van der Waals surface area (Å²) in [7, 11) is 2.13. The SMILES string of the molecule is [2H]C1(c2ccc3cc(-c4cc(-c5ccccc5C)[n+](C)cc4C4([2H])CCCCC4)ccc3c2)CCC(C)(C)CC1. The third kappa shape index (κ3) is 5.05. The fourth-order valence-electron chi connectivity index (χ4n) is 6.70. The van der Waals surface area contributed by atoms with Gasteiger partial charge in [-0.1, -0.05) is 81.6 Å².